The summed E-state index contributed by atoms with van der Waals surface area (Å²) in [4.78, 5) is 29.8. The number of Topliss-reactive ketones (excluding diaryl/α,β-unsaturated/α-hetero) is 1. The van der Waals surface area contributed by atoms with Crippen LogP contribution in [-0.2, 0) is 0 Å². The number of thioether (sulfide) groups is 1. The summed E-state index contributed by atoms with van der Waals surface area (Å²) in [5.74, 6) is -0.00459. The van der Waals surface area contributed by atoms with Crippen LogP contribution in [0.1, 0.15) is 34.0 Å². The van der Waals surface area contributed by atoms with E-state index >= 15 is 0 Å². The van der Waals surface area contributed by atoms with Crippen molar-refractivity contribution in [3.05, 3.63) is 87.5 Å². The Morgan fingerprint density at radius 2 is 1.74 bits per heavy atom. The summed E-state index contributed by atoms with van der Waals surface area (Å²) in [6, 6.07) is 13.4. The van der Waals surface area contributed by atoms with Gasteiger partial charge in [0.1, 0.15) is 0 Å². The van der Waals surface area contributed by atoms with Gasteiger partial charge in [0.25, 0.3) is 5.56 Å². The van der Waals surface area contributed by atoms with Crippen LogP contribution >= 0.6 is 11.8 Å². The topological polar surface area (TPSA) is 52.0 Å². The van der Waals surface area contributed by atoms with Crippen molar-refractivity contribution in [3.8, 4) is 5.69 Å². The largest absolute Gasteiger partial charge is 0.293 e. The van der Waals surface area contributed by atoms with Gasteiger partial charge in [0, 0.05) is 23.6 Å². The van der Waals surface area contributed by atoms with E-state index < -0.39 is 5.25 Å². The second-order valence-corrected chi connectivity index (χ2v) is 8.00. The van der Waals surface area contributed by atoms with Crippen LogP contribution in [0.25, 0.3) is 5.69 Å². The molecule has 3 aromatic rings. The van der Waals surface area contributed by atoms with Gasteiger partial charge in [0.15, 0.2) is 10.8 Å². The van der Waals surface area contributed by atoms with Gasteiger partial charge in [-0.05, 0) is 57.0 Å². The third-order valence-corrected chi connectivity index (χ3v) is 5.64. The second kappa shape index (κ2) is 7.92. The predicted octanol–water partition coefficient (Wildman–Crippen LogP) is 4.52. The molecule has 1 atom stereocenters. The van der Waals surface area contributed by atoms with Gasteiger partial charge in [0.05, 0.1) is 5.25 Å². The van der Waals surface area contributed by atoms with Crippen molar-refractivity contribution in [1.82, 2.24) is 9.55 Å². The Labute approximate surface area is 163 Å². The number of aryl methyl sites for hydroxylation is 3. The minimum Gasteiger partial charge on any atom is -0.293 e. The standard InChI is InChI=1S/C22H22N2O2S/c1-14-5-9-19(10-6-14)24-12-11-23-21(22(24)26)27-17(4)20(25)18-8-7-15(2)16(3)13-18/h5-13,17H,1-4H3. The van der Waals surface area contributed by atoms with Crippen LogP contribution in [0, 0.1) is 20.8 Å². The summed E-state index contributed by atoms with van der Waals surface area (Å²) < 4.78 is 1.56. The molecule has 0 bridgehead atoms. The molecule has 0 fully saturated rings. The highest BCUT2D eigenvalue weighted by atomic mass is 32.2. The van der Waals surface area contributed by atoms with E-state index in [4.69, 9.17) is 0 Å². The molecule has 0 saturated heterocycles. The number of nitrogens with zero attached hydrogens (tertiary/aromatic N) is 2. The minimum atomic E-state index is -0.402. The fourth-order valence-electron chi connectivity index (χ4n) is 2.73. The van der Waals surface area contributed by atoms with E-state index in [0.717, 1.165) is 22.4 Å². The summed E-state index contributed by atoms with van der Waals surface area (Å²) in [7, 11) is 0. The van der Waals surface area contributed by atoms with Crippen molar-refractivity contribution in [3.63, 3.8) is 0 Å². The SMILES string of the molecule is Cc1ccc(-n2ccnc(SC(C)C(=O)c3ccc(C)c(C)c3)c2=O)cc1. The zero-order valence-corrected chi connectivity index (χ0v) is 16.7. The summed E-state index contributed by atoms with van der Waals surface area (Å²) in [5.41, 5.74) is 4.58. The molecule has 0 aliphatic rings. The highest BCUT2D eigenvalue weighted by molar-refractivity contribution is 8.00. The minimum absolute atomic E-state index is 0.00459. The number of carbonyl (C=O) groups is 1. The lowest BCUT2D eigenvalue weighted by Gasteiger charge is -2.12. The number of carbonyl (C=O) groups excluding carboxylic acids is 1. The Morgan fingerprint density at radius 3 is 2.41 bits per heavy atom. The number of hydrogen-bond donors (Lipinski definition) is 0. The number of rotatable bonds is 5. The van der Waals surface area contributed by atoms with Gasteiger partial charge in [-0.2, -0.15) is 0 Å². The van der Waals surface area contributed by atoms with Crippen molar-refractivity contribution in [2.45, 2.75) is 38.0 Å². The van der Waals surface area contributed by atoms with Gasteiger partial charge < -0.3 is 0 Å². The van der Waals surface area contributed by atoms with Gasteiger partial charge >= 0.3 is 0 Å². The predicted molar refractivity (Wildman–Crippen MR) is 110 cm³/mol. The maximum atomic E-state index is 12.8. The first-order valence-electron chi connectivity index (χ1n) is 8.79. The van der Waals surface area contributed by atoms with Crippen LogP contribution in [0.5, 0.6) is 0 Å². The summed E-state index contributed by atoms with van der Waals surface area (Å²) in [6.45, 7) is 7.82. The molecular weight excluding hydrogens is 356 g/mol. The molecule has 0 aliphatic heterocycles. The smallest absolute Gasteiger partial charge is 0.287 e. The highest BCUT2D eigenvalue weighted by Crippen LogP contribution is 2.23. The Kier molecular flexibility index (Phi) is 5.61. The first kappa shape index (κ1) is 19.1. The van der Waals surface area contributed by atoms with Gasteiger partial charge in [-0.15, -0.1) is 0 Å². The lowest BCUT2D eigenvalue weighted by molar-refractivity contribution is 0.0994. The second-order valence-electron chi connectivity index (χ2n) is 6.67. The number of benzene rings is 2. The summed E-state index contributed by atoms with van der Waals surface area (Å²) in [6.07, 6.45) is 3.24. The number of hydrogen-bond acceptors (Lipinski definition) is 4. The fourth-order valence-corrected chi connectivity index (χ4v) is 3.63. The first-order chi connectivity index (χ1) is 12.9. The van der Waals surface area contributed by atoms with E-state index in [1.54, 1.807) is 17.0 Å². The third kappa shape index (κ3) is 4.19. The van der Waals surface area contributed by atoms with Crippen LogP contribution < -0.4 is 5.56 Å². The zero-order chi connectivity index (χ0) is 19.6. The van der Waals surface area contributed by atoms with Crippen LogP contribution in [0.4, 0.5) is 0 Å². The molecule has 0 amide bonds. The molecule has 0 spiro atoms. The van der Waals surface area contributed by atoms with Gasteiger partial charge in [0.2, 0.25) is 0 Å². The van der Waals surface area contributed by atoms with Crippen molar-refractivity contribution < 1.29 is 4.79 Å². The van der Waals surface area contributed by atoms with Crippen molar-refractivity contribution >= 4 is 17.5 Å². The first-order valence-corrected chi connectivity index (χ1v) is 9.67. The van der Waals surface area contributed by atoms with Crippen LogP contribution in [0.15, 0.2) is 64.7 Å². The molecule has 0 aliphatic carbocycles. The van der Waals surface area contributed by atoms with Crippen molar-refractivity contribution in [1.29, 1.82) is 0 Å². The molecule has 0 saturated carbocycles. The van der Waals surface area contributed by atoms with Crippen LogP contribution in [-0.4, -0.2) is 20.6 Å². The molecule has 1 unspecified atom stereocenters. The Hall–Kier alpha value is -2.66. The Morgan fingerprint density at radius 1 is 1.04 bits per heavy atom. The molecule has 1 heterocycles. The van der Waals surface area contributed by atoms with E-state index in [1.807, 2.05) is 70.2 Å². The maximum absolute atomic E-state index is 12.8. The molecule has 138 valence electrons. The number of ketones is 1. The summed E-state index contributed by atoms with van der Waals surface area (Å²) >= 11 is 1.20. The third-order valence-electron chi connectivity index (χ3n) is 4.57. The van der Waals surface area contributed by atoms with E-state index in [2.05, 4.69) is 4.98 Å². The lowest BCUT2D eigenvalue weighted by atomic mass is 10.0. The average Bonchev–Trinajstić information content (AvgIpc) is 2.66. The maximum Gasteiger partial charge on any atom is 0.287 e. The van der Waals surface area contributed by atoms with E-state index in [-0.39, 0.29) is 11.3 Å². The summed E-state index contributed by atoms with van der Waals surface area (Å²) in [5, 5.41) is -0.0797. The van der Waals surface area contributed by atoms with Gasteiger partial charge in [-0.3, -0.25) is 14.2 Å². The van der Waals surface area contributed by atoms with Crippen LogP contribution in [0.2, 0.25) is 0 Å². The molecule has 2 aromatic carbocycles. The zero-order valence-electron chi connectivity index (χ0n) is 15.9. The Balaban J connectivity index is 1.86. The van der Waals surface area contributed by atoms with Gasteiger partial charge in [-0.1, -0.05) is 41.6 Å². The average molecular weight is 378 g/mol. The quantitative estimate of drug-likeness (QED) is 0.484. The molecule has 0 N–H and O–H groups in total. The Bertz CT molecular complexity index is 1040. The molecule has 1 aromatic heterocycles. The molecule has 0 radical (unpaired) electrons. The van der Waals surface area contributed by atoms with Gasteiger partial charge in [-0.25, -0.2) is 4.98 Å². The van der Waals surface area contributed by atoms with E-state index in [0.29, 0.717) is 10.6 Å². The molecule has 5 heteroatoms. The molecule has 4 nitrogen and oxygen atoms in total. The highest BCUT2D eigenvalue weighted by Gasteiger charge is 2.20. The fraction of sp³-hybridized carbons (Fsp3) is 0.227. The van der Waals surface area contributed by atoms with E-state index in [1.165, 1.54) is 11.8 Å². The van der Waals surface area contributed by atoms with Crippen LogP contribution in [0.3, 0.4) is 0 Å². The number of aromatic nitrogens is 2. The van der Waals surface area contributed by atoms with Crippen molar-refractivity contribution in [2.75, 3.05) is 0 Å². The molecule has 27 heavy (non-hydrogen) atoms. The van der Waals surface area contributed by atoms with Crippen molar-refractivity contribution in [2.24, 2.45) is 0 Å². The normalized spacial score (nSPS) is 12.0. The molecular formula is C22H22N2O2S. The molecule has 3 rings (SSSR count). The monoisotopic (exact) mass is 378 g/mol. The lowest BCUT2D eigenvalue weighted by Crippen LogP contribution is -2.23. The van der Waals surface area contributed by atoms with E-state index in [9.17, 15) is 9.59 Å².